The summed E-state index contributed by atoms with van der Waals surface area (Å²) >= 11 is 0. The molecule has 33 heavy (non-hydrogen) atoms. The van der Waals surface area contributed by atoms with E-state index in [-0.39, 0.29) is 12.1 Å². The van der Waals surface area contributed by atoms with Crippen LogP contribution in [0.25, 0.3) is 0 Å². The lowest BCUT2D eigenvalue weighted by Crippen LogP contribution is -2.34. The Morgan fingerprint density at radius 3 is 2.30 bits per heavy atom. The van der Waals surface area contributed by atoms with Crippen molar-refractivity contribution in [2.75, 3.05) is 18.5 Å². The van der Waals surface area contributed by atoms with Crippen molar-refractivity contribution in [2.24, 2.45) is 0 Å². The van der Waals surface area contributed by atoms with Crippen LogP contribution in [-0.2, 0) is 17.3 Å². The molecule has 0 aliphatic carbocycles. The van der Waals surface area contributed by atoms with Crippen molar-refractivity contribution >= 4 is 17.6 Å². The van der Waals surface area contributed by atoms with Gasteiger partial charge in [0.1, 0.15) is 23.9 Å². The van der Waals surface area contributed by atoms with Crippen LogP contribution in [0.5, 0.6) is 11.5 Å². The van der Waals surface area contributed by atoms with Crippen molar-refractivity contribution < 1.29 is 27.4 Å². The third-order valence-corrected chi connectivity index (χ3v) is 5.26. The first-order valence-corrected chi connectivity index (χ1v) is 10.4. The fraction of sp³-hybridized carbons (Fsp3) is 0.250. The van der Waals surface area contributed by atoms with E-state index in [0.717, 1.165) is 17.8 Å². The van der Waals surface area contributed by atoms with Gasteiger partial charge in [-0.15, -0.1) is 0 Å². The molecule has 0 saturated carbocycles. The maximum absolute atomic E-state index is 12.6. The Morgan fingerprint density at radius 2 is 1.73 bits per heavy atom. The molecule has 2 aromatic carbocycles. The predicted molar refractivity (Wildman–Crippen MR) is 117 cm³/mol. The minimum absolute atomic E-state index is 0.0356. The second-order valence-corrected chi connectivity index (χ2v) is 7.55. The molecule has 172 valence electrons. The van der Waals surface area contributed by atoms with E-state index in [0.29, 0.717) is 42.6 Å². The van der Waals surface area contributed by atoms with Gasteiger partial charge >= 0.3 is 12.3 Å². The highest BCUT2D eigenvalue weighted by Gasteiger charge is 2.31. The lowest BCUT2D eigenvalue weighted by molar-refractivity contribution is -0.137. The number of amides is 1. The van der Waals surface area contributed by atoms with Gasteiger partial charge in [-0.3, -0.25) is 0 Å². The van der Waals surface area contributed by atoms with Crippen LogP contribution in [0, 0.1) is 0 Å². The third-order valence-electron chi connectivity index (χ3n) is 5.26. The molecule has 1 saturated heterocycles. The highest BCUT2D eigenvalue weighted by atomic mass is 19.4. The van der Waals surface area contributed by atoms with Crippen LogP contribution < -0.4 is 10.1 Å². The molecule has 6 nitrogen and oxygen atoms in total. The van der Waals surface area contributed by atoms with Crippen LogP contribution in [0.2, 0.25) is 0 Å². The molecule has 0 spiro atoms. The third kappa shape index (κ3) is 5.54. The van der Waals surface area contributed by atoms with E-state index in [4.69, 9.17) is 9.47 Å². The van der Waals surface area contributed by atoms with Gasteiger partial charge in [-0.25, -0.2) is 9.78 Å². The summed E-state index contributed by atoms with van der Waals surface area (Å²) in [5, 5.41) is 2.95. The van der Waals surface area contributed by atoms with Crippen molar-refractivity contribution in [2.45, 2.75) is 25.6 Å². The molecular weight excluding hydrogens is 435 g/mol. The molecule has 1 aliphatic heterocycles. The van der Waals surface area contributed by atoms with Gasteiger partial charge in [-0.05, 0) is 67.4 Å². The second kappa shape index (κ2) is 9.40. The fourth-order valence-corrected chi connectivity index (χ4v) is 3.54. The number of cyclic esters (lactones) is 1. The number of anilines is 2. The summed E-state index contributed by atoms with van der Waals surface area (Å²) in [6.07, 6.45) is -3.18. The number of ether oxygens (including phenoxy) is 2. The Morgan fingerprint density at radius 1 is 1.06 bits per heavy atom. The second-order valence-electron chi connectivity index (χ2n) is 7.55. The van der Waals surface area contributed by atoms with Gasteiger partial charge in [0.25, 0.3) is 0 Å². The van der Waals surface area contributed by atoms with E-state index >= 15 is 0 Å². The summed E-state index contributed by atoms with van der Waals surface area (Å²) in [5.74, 6) is 1.58. The topological polar surface area (TPSA) is 63.7 Å². The maximum Gasteiger partial charge on any atom is 0.417 e. The number of hydrogen-bond acceptors (Lipinski definition) is 5. The first-order chi connectivity index (χ1) is 15.8. The molecule has 3 aromatic rings. The summed E-state index contributed by atoms with van der Waals surface area (Å²) in [7, 11) is 0. The van der Waals surface area contributed by atoms with Crippen molar-refractivity contribution in [1.82, 2.24) is 9.88 Å². The minimum atomic E-state index is -4.41. The number of rotatable bonds is 7. The zero-order valence-electron chi connectivity index (χ0n) is 17.8. The Balaban J connectivity index is 1.33. The molecule has 0 unspecified atom stereocenters. The van der Waals surface area contributed by atoms with Crippen LogP contribution in [-0.4, -0.2) is 35.2 Å². The van der Waals surface area contributed by atoms with E-state index in [1.807, 2.05) is 31.2 Å². The number of benzene rings is 2. The molecule has 4 rings (SSSR count). The van der Waals surface area contributed by atoms with Crippen LogP contribution in [0.1, 0.15) is 18.1 Å². The monoisotopic (exact) mass is 457 g/mol. The fourth-order valence-electron chi connectivity index (χ4n) is 3.54. The molecule has 0 radical (unpaired) electrons. The molecule has 1 fully saturated rings. The van der Waals surface area contributed by atoms with Gasteiger partial charge in [-0.1, -0.05) is 12.1 Å². The zero-order chi connectivity index (χ0) is 23.4. The van der Waals surface area contributed by atoms with E-state index in [1.54, 1.807) is 29.2 Å². The first-order valence-electron chi connectivity index (χ1n) is 10.4. The van der Waals surface area contributed by atoms with Crippen LogP contribution >= 0.6 is 0 Å². The number of aromatic nitrogens is 1. The van der Waals surface area contributed by atoms with E-state index in [1.165, 1.54) is 6.07 Å². The van der Waals surface area contributed by atoms with Gasteiger partial charge in [-0.2, -0.15) is 13.2 Å². The number of hydrogen-bond donors (Lipinski definition) is 1. The molecule has 1 amide bonds. The highest BCUT2D eigenvalue weighted by Crippen LogP contribution is 2.30. The number of carbonyl (C=O) groups is 1. The lowest BCUT2D eigenvalue weighted by atomic mass is 10.1. The number of carbonyl (C=O) groups excluding carboxylic acids is 1. The van der Waals surface area contributed by atoms with E-state index in [2.05, 4.69) is 10.3 Å². The summed E-state index contributed by atoms with van der Waals surface area (Å²) in [4.78, 5) is 17.2. The van der Waals surface area contributed by atoms with Crippen molar-refractivity contribution in [3.63, 3.8) is 0 Å². The van der Waals surface area contributed by atoms with Crippen LogP contribution in [0.3, 0.4) is 0 Å². The molecule has 0 bridgehead atoms. The lowest BCUT2D eigenvalue weighted by Gasteiger charge is -2.19. The van der Waals surface area contributed by atoms with Gasteiger partial charge in [0, 0.05) is 18.4 Å². The highest BCUT2D eigenvalue weighted by molar-refractivity contribution is 5.70. The number of nitrogens with one attached hydrogen (secondary N) is 1. The van der Waals surface area contributed by atoms with Crippen LogP contribution in [0.4, 0.5) is 29.5 Å². The molecule has 9 heteroatoms. The number of alkyl halides is 3. The number of likely N-dealkylation sites (N-methyl/N-ethyl adjacent to an activating group) is 1. The average molecular weight is 457 g/mol. The zero-order valence-corrected chi connectivity index (χ0v) is 17.8. The van der Waals surface area contributed by atoms with Crippen LogP contribution in [0.15, 0.2) is 66.9 Å². The number of nitrogens with zero attached hydrogens (tertiary/aromatic N) is 2. The maximum atomic E-state index is 12.6. The Bertz CT molecular complexity index is 1090. The molecule has 1 aliphatic rings. The molecule has 1 N–H and O–H groups in total. The van der Waals surface area contributed by atoms with E-state index < -0.39 is 11.7 Å². The van der Waals surface area contributed by atoms with Crippen molar-refractivity contribution in [3.05, 3.63) is 78.0 Å². The summed E-state index contributed by atoms with van der Waals surface area (Å²) in [6.45, 7) is 2.94. The summed E-state index contributed by atoms with van der Waals surface area (Å²) in [5.41, 5.74) is 0.946. The largest absolute Gasteiger partial charge is 0.457 e. The van der Waals surface area contributed by atoms with Gasteiger partial charge in [0.15, 0.2) is 0 Å². The smallest absolute Gasteiger partial charge is 0.417 e. The number of halogens is 3. The molecule has 1 aromatic heterocycles. The van der Waals surface area contributed by atoms with Gasteiger partial charge < -0.3 is 19.7 Å². The predicted octanol–water partition coefficient (Wildman–Crippen LogP) is 6.02. The Hall–Kier alpha value is -3.75. The molecule has 1 atom stereocenters. The molecule has 2 heterocycles. The normalized spacial score (nSPS) is 15.9. The minimum Gasteiger partial charge on any atom is -0.457 e. The van der Waals surface area contributed by atoms with Crippen molar-refractivity contribution in [3.8, 4) is 11.5 Å². The SMILES string of the molecule is CCN1C(=O)OC[C@@H]1Cc1ccc(Oc2ccc(Nc3ccc(C(F)(F)F)cn3)cc2)cc1. The molecular formula is C24H22F3N3O3. The summed E-state index contributed by atoms with van der Waals surface area (Å²) < 4.78 is 48.9. The first kappa shape index (κ1) is 22.4. The van der Waals surface area contributed by atoms with Gasteiger partial charge in [0.2, 0.25) is 0 Å². The average Bonchev–Trinajstić information content (AvgIpc) is 3.15. The van der Waals surface area contributed by atoms with Crippen molar-refractivity contribution in [1.29, 1.82) is 0 Å². The standard InChI is InChI=1S/C24H22F3N3O3/c1-2-30-19(15-32-23(30)31)13-16-3-8-20(9-4-16)33-21-10-6-18(7-11-21)29-22-12-5-17(14-28-22)24(25,26)27/h3-12,14,19H,2,13,15H2,1H3,(H,28,29)/t19-/m0/s1. The Kier molecular flexibility index (Phi) is 6.39. The summed E-state index contributed by atoms with van der Waals surface area (Å²) in [6, 6.07) is 16.9. The number of pyridine rings is 1. The Labute approximate surface area is 189 Å². The quantitative estimate of drug-likeness (QED) is 0.470. The van der Waals surface area contributed by atoms with Gasteiger partial charge in [0.05, 0.1) is 11.6 Å². The van der Waals surface area contributed by atoms with E-state index in [9.17, 15) is 18.0 Å².